The Balaban J connectivity index is 2.37. The van der Waals surface area contributed by atoms with Crippen LogP contribution in [-0.4, -0.2) is 5.78 Å². The number of ether oxygens (including phenoxy) is 1. The maximum Gasteiger partial charge on any atom is 0.141 e. The normalized spacial score (nSPS) is 18.3. The van der Waals surface area contributed by atoms with Crippen LogP contribution in [0.1, 0.15) is 12.8 Å². The highest BCUT2D eigenvalue weighted by molar-refractivity contribution is 5.93. The van der Waals surface area contributed by atoms with Crippen molar-refractivity contribution >= 4 is 17.6 Å². The summed E-state index contributed by atoms with van der Waals surface area (Å²) in [6.45, 7) is 0. The number of allylic oxidation sites excluding steroid dienone is 2. The number of rotatable bonds is 0. The topological polar surface area (TPSA) is 26.3 Å². The van der Waals surface area contributed by atoms with Gasteiger partial charge in [0.2, 0.25) is 0 Å². The summed E-state index contributed by atoms with van der Waals surface area (Å²) in [4.78, 5) is 11.4. The van der Waals surface area contributed by atoms with Gasteiger partial charge in [0.05, 0.1) is 6.26 Å². The van der Waals surface area contributed by atoms with Gasteiger partial charge in [-0.05, 0) is 11.3 Å². The quantitative estimate of drug-likeness (QED) is 0.618. The third kappa shape index (κ3) is 1.30. The third-order valence-electron chi connectivity index (χ3n) is 2.79. The van der Waals surface area contributed by atoms with Crippen molar-refractivity contribution in [3.8, 4) is 0 Å². The van der Waals surface area contributed by atoms with E-state index in [1.807, 2.05) is 30.3 Å². The zero-order chi connectivity index (χ0) is 10.3. The van der Waals surface area contributed by atoms with Crippen molar-refractivity contribution in [3.63, 3.8) is 0 Å². The Bertz CT molecular complexity index is 579. The van der Waals surface area contributed by atoms with Crippen LogP contribution in [0.25, 0.3) is 11.8 Å². The van der Waals surface area contributed by atoms with E-state index in [4.69, 9.17) is 4.74 Å². The minimum absolute atomic E-state index is 0.258. The Morgan fingerprint density at radius 1 is 1.20 bits per heavy atom. The summed E-state index contributed by atoms with van der Waals surface area (Å²) >= 11 is 0. The van der Waals surface area contributed by atoms with Crippen LogP contribution < -0.4 is 10.4 Å². The Hall–Kier alpha value is -1.83. The number of carbonyl (C=O) groups excluding carboxylic acids is 1. The summed E-state index contributed by atoms with van der Waals surface area (Å²) in [5, 5.41) is 2.18. The van der Waals surface area contributed by atoms with E-state index in [2.05, 4.69) is 0 Å². The zero-order valence-corrected chi connectivity index (χ0v) is 8.19. The van der Waals surface area contributed by atoms with Gasteiger partial charge in [0.25, 0.3) is 0 Å². The molecule has 74 valence electrons. The molecule has 2 aliphatic rings. The summed E-state index contributed by atoms with van der Waals surface area (Å²) in [7, 11) is 0. The summed E-state index contributed by atoms with van der Waals surface area (Å²) in [6.07, 6.45) is 4.61. The van der Waals surface area contributed by atoms with Crippen LogP contribution in [-0.2, 0) is 9.53 Å². The lowest BCUT2D eigenvalue weighted by Crippen LogP contribution is -2.32. The fourth-order valence-corrected chi connectivity index (χ4v) is 2.03. The SMILES string of the molecule is O=C1CC=C2OC=c3ccccc3=C2C1. The number of benzene rings is 1. The second-order valence-electron chi connectivity index (χ2n) is 3.79. The minimum Gasteiger partial charge on any atom is -0.464 e. The molecule has 1 aliphatic heterocycles. The molecule has 1 heterocycles. The first-order valence-corrected chi connectivity index (χ1v) is 5.02. The van der Waals surface area contributed by atoms with Crippen molar-refractivity contribution in [1.29, 1.82) is 0 Å². The molecule has 0 unspecified atom stereocenters. The van der Waals surface area contributed by atoms with Gasteiger partial charge >= 0.3 is 0 Å². The summed E-state index contributed by atoms with van der Waals surface area (Å²) in [6, 6.07) is 7.99. The number of hydrogen-bond acceptors (Lipinski definition) is 2. The number of ketones is 1. The lowest BCUT2D eigenvalue weighted by molar-refractivity contribution is -0.117. The van der Waals surface area contributed by atoms with E-state index in [9.17, 15) is 4.79 Å². The molecule has 0 spiro atoms. The molecule has 1 aromatic carbocycles. The highest BCUT2D eigenvalue weighted by Gasteiger charge is 2.19. The van der Waals surface area contributed by atoms with E-state index in [1.54, 1.807) is 6.26 Å². The van der Waals surface area contributed by atoms with Crippen LogP contribution in [0.5, 0.6) is 0 Å². The van der Waals surface area contributed by atoms with Gasteiger partial charge in [0, 0.05) is 23.6 Å². The first kappa shape index (κ1) is 8.48. The molecule has 1 aliphatic carbocycles. The molecular formula is C13H10O2. The van der Waals surface area contributed by atoms with Gasteiger partial charge in [-0.3, -0.25) is 4.79 Å². The van der Waals surface area contributed by atoms with Gasteiger partial charge in [-0.2, -0.15) is 0 Å². The van der Waals surface area contributed by atoms with Gasteiger partial charge in [-0.25, -0.2) is 0 Å². The highest BCUT2D eigenvalue weighted by Crippen LogP contribution is 2.23. The summed E-state index contributed by atoms with van der Waals surface area (Å²) in [5.41, 5.74) is 1.03. The summed E-state index contributed by atoms with van der Waals surface area (Å²) in [5.74, 6) is 1.11. The van der Waals surface area contributed by atoms with Crippen molar-refractivity contribution in [2.75, 3.05) is 0 Å². The second-order valence-corrected chi connectivity index (χ2v) is 3.79. The molecule has 15 heavy (non-hydrogen) atoms. The van der Waals surface area contributed by atoms with Gasteiger partial charge in [0.15, 0.2) is 0 Å². The molecular weight excluding hydrogens is 188 g/mol. The molecule has 2 nitrogen and oxygen atoms in total. The van der Waals surface area contributed by atoms with Crippen LogP contribution in [0.2, 0.25) is 0 Å². The van der Waals surface area contributed by atoms with Gasteiger partial charge in [-0.15, -0.1) is 0 Å². The van der Waals surface area contributed by atoms with Crippen molar-refractivity contribution in [2.45, 2.75) is 12.8 Å². The number of fused-ring (bicyclic) bond motifs is 2. The van der Waals surface area contributed by atoms with E-state index in [0.29, 0.717) is 12.8 Å². The molecule has 0 atom stereocenters. The van der Waals surface area contributed by atoms with Crippen molar-refractivity contribution in [1.82, 2.24) is 0 Å². The maximum atomic E-state index is 11.4. The van der Waals surface area contributed by atoms with Crippen LogP contribution in [0.15, 0.2) is 36.1 Å². The molecule has 0 amide bonds. The van der Waals surface area contributed by atoms with Crippen molar-refractivity contribution in [3.05, 3.63) is 46.5 Å². The average molecular weight is 198 g/mol. The van der Waals surface area contributed by atoms with Gasteiger partial charge in [0.1, 0.15) is 11.5 Å². The standard InChI is InChI=1S/C13H10O2/c14-10-5-6-13-12(7-10)11-4-2-1-3-9(11)8-15-13/h1-4,6,8H,5,7H2. The average Bonchev–Trinajstić information content (AvgIpc) is 2.29. The molecule has 0 fully saturated rings. The Morgan fingerprint density at radius 3 is 3.00 bits per heavy atom. The van der Waals surface area contributed by atoms with Gasteiger partial charge < -0.3 is 4.74 Å². The van der Waals surface area contributed by atoms with Gasteiger partial charge in [-0.1, -0.05) is 24.3 Å². The monoisotopic (exact) mass is 198 g/mol. The van der Waals surface area contributed by atoms with Crippen LogP contribution >= 0.6 is 0 Å². The lowest BCUT2D eigenvalue weighted by Gasteiger charge is -2.18. The molecule has 3 rings (SSSR count). The largest absolute Gasteiger partial charge is 0.464 e. The Kier molecular flexibility index (Phi) is 1.75. The predicted octanol–water partition coefficient (Wildman–Crippen LogP) is 0.852. The molecule has 1 aromatic rings. The van der Waals surface area contributed by atoms with Crippen LogP contribution in [0.4, 0.5) is 0 Å². The van der Waals surface area contributed by atoms with E-state index in [0.717, 1.165) is 21.8 Å². The first-order valence-electron chi connectivity index (χ1n) is 5.02. The van der Waals surface area contributed by atoms with E-state index >= 15 is 0 Å². The van der Waals surface area contributed by atoms with Crippen molar-refractivity contribution in [2.24, 2.45) is 0 Å². The van der Waals surface area contributed by atoms with Crippen LogP contribution in [0, 0.1) is 0 Å². The number of Topliss-reactive ketones (excluding diaryl/α,β-unsaturated/α-hetero) is 1. The van der Waals surface area contributed by atoms with E-state index in [1.165, 1.54) is 0 Å². The summed E-state index contributed by atoms with van der Waals surface area (Å²) < 4.78 is 5.50. The molecule has 0 bridgehead atoms. The fourth-order valence-electron chi connectivity index (χ4n) is 2.03. The lowest BCUT2D eigenvalue weighted by atomic mass is 9.95. The third-order valence-corrected chi connectivity index (χ3v) is 2.79. The van der Waals surface area contributed by atoms with Crippen molar-refractivity contribution < 1.29 is 9.53 Å². The Labute approximate surface area is 87.2 Å². The molecule has 2 heteroatoms. The number of hydrogen-bond donors (Lipinski definition) is 0. The fraction of sp³-hybridized carbons (Fsp3) is 0.154. The predicted molar refractivity (Wildman–Crippen MR) is 57.0 cm³/mol. The first-order chi connectivity index (χ1) is 7.34. The second kappa shape index (κ2) is 3.09. The molecule has 0 saturated carbocycles. The Morgan fingerprint density at radius 2 is 2.07 bits per heavy atom. The maximum absolute atomic E-state index is 11.4. The minimum atomic E-state index is 0.258. The van der Waals surface area contributed by atoms with E-state index < -0.39 is 0 Å². The van der Waals surface area contributed by atoms with Crippen LogP contribution in [0.3, 0.4) is 0 Å². The molecule has 0 saturated heterocycles. The number of carbonyl (C=O) groups is 1. The molecule has 0 N–H and O–H groups in total. The smallest absolute Gasteiger partial charge is 0.141 e. The molecule has 0 aromatic heterocycles. The highest BCUT2D eigenvalue weighted by atomic mass is 16.5. The van der Waals surface area contributed by atoms with E-state index in [-0.39, 0.29) is 5.78 Å². The zero-order valence-electron chi connectivity index (χ0n) is 8.19. The molecule has 0 radical (unpaired) electrons.